The molecule has 0 unspecified atom stereocenters. The Balaban J connectivity index is 4.97. The van der Waals surface area contributed by atoms with Crippen LogP contribution in [-0.2, 0) is 0 Å². The van der Waals surface area contributed by atoms with Gasteiger partial charge in [0.1, 0.15) is 0 Å². The van der Waals surface area contributed by atoms with Crippen molar-refractivity contribution < 1.29 is 0 Å². The number of hydrogen-bond acceptors (Lipinski definition) is 0. The second kappa shape index (κ2) is 5.36. The number of rotatable bonds is 4. The molecule has 0 aliphatic heterocycles. The van der Waals surface area contributed by atoms with Gasteiger partial charge in [0.25, 0.3) is 0 Å². The van der Waals surface area contributed by atoms with E-state index < -0.39 is 0 Å². The molecule has 0 N–H and O–H groups in total. The van der Waals surface area contributed by atoms with E-state index in [4.69, 9.17) is 0 Å². The molecule has 0 aromatic heterocycles. The van der Waals surface area contributed by atoms with Crippen molar-refractivity contribution in [2.24, 2.45) is 0 Å². The van der Waals surface area contributed by atoms with Crippen molar-refractivity contribution in [3.05, 3.63) is 60.8 Å². The predicted octanol–water partition coefficient (Wildman–Crippen LogP) is 3.81. The second-order valence-electron chi connectivity index (χ2n) is 2.53. The van der Waals surface area contributed by atoms with Gasteiger partial charge in [-0.15, -0.1) is 0 Å². The molecule has 64 valence electrons. The summed E-state index contributed by atoms with van der Waals surface area (Å²) in [6, 6.07) is 0. The van der Waals surface area contributed by atoms with Gasteiger partial charge < -0.3 is 0 Å². The van der Waals surface area contributed by atoms with Crippen LogP contribution in [-0.4, -0.2) is 0 Å². The highest BCUT2D eigenvalue weighted by atomic mass is 14.0. The summed E-state index contributed by atoms with van der Waals surface area (Å²) < 4.78 is 0. The maximum Gasteiger partial charge on any atom is -0.0167 e. The minimum atomic E-state index is 0.917. The summed E-state index contributed by atoms with van der Waals surface area (Å²) in [4.78, 5) is 0. The van der Waals surface area contributed by atoms with Crippen molar-refractivity contribution in [3.8, 4) is 0 Å². The van der Waals surface area contributed by atoms with Gasteiger partial charge in [0.05, 0.1) is 0 Å². The van der Waals surface area contributed by atoms with Crippen LogP contribution in [0.15, 0.2) is 60.8 Å². The molecule has 0 rings (SSSR count). The van der Waals surface area contributed by atoms with Gasteiger partial charge >= 0.3 is 0 Å². The molecule has 0 aliphatic rings. The molecule has 0 heteroatoms. The Labute approximate surface area is 75.3 Å². The molecule has 0 heterocycles. The van der Waals surface area contributed by atoms with Gasteiger partial charge in [-0.2, -0.15) is 0 Å². The summed E-state index contributed by atoms with van der Waals surface area (Å²) in [5.74, 6) is 0. The van der Waals surface area contributed by atoms with Gasteiger partial charge in [0.2, 0.25) is 0 Å². The van der Waals surface area contributed by atoms with E-state index in [0.717, 1.165) is 16.7 Å². The minimum Gasteiger partial charge on any atom is -0.0985 e. The summed E-state index contributed by atoms with van der Waals surface area (Å²) in [6.45, 7) is 15.3. The molecule has 12 heavy (non-hydrogen) atoms. The zero-order valence-corrected chi connectivity index (χ0v) is 7.93. The van der Waals surface area contributed by atoms with Crippen molar-refractivity contribution in [1.29, 1.82) is 0 Å². The average molecular weight is 160 g/mol. The SMILES string of the molecule is C=CC(=C)/C(C=C)=C(C)\C=C/C. The fourth-order valence-electron chi connectivity index (χ4n) is 0.995. The molecule has 0 radical (unpaired) electrons. The summed E-state index contributed by atoms with van der Waals surface area (Å²) in [5, 5.41) is 0. The third kappa shape index (κ3) is 2.75. The Hall–Kier alpha value is -1.30. The molecule has 0 fully saturated rings. The van der Waals surface area contributed by atoms with Gasteiger partial charge in [-0.25, -0.2) is 0 Å². The fraction of sp³-hybridized carbons (Fsp3) is 0.167. The van der Waals surface area contributed by atoms with E-state index in [0.29, 0.717) is 0 Å². The van der Waals surface area contributed by atoms with E-state index in [1.54, 1.807) is 12.2 Å². The number of hydrogen-bond donors (Lipinski definition) is 0. The van der Waals surface area contributed by atoms with E-state index >= 15 is 0 Å². The van der Waals surface area contributed by atoms with E-state index in [9.17, 15) is 0 Å². The summed E-state index contributed by atoms with van der Waals surface area (Å²) in [5.41, 5.74) is 3.14. The van der Waals surface area contributed by atoms with E-state index in [2.05, 4.69) is 19.7 Å². The normalized spacial score (nSPS) is 12.5. The lowest BCUT2D eigenvalue weighted by Crippen LogP contribution is -1.84. The zero-order chi connectivity index (χ0) is 9.56. The summed E-state index contributed by atoms with van der Waals surface area (Å²) in [7, 11) is 0. The van der Waals surface area contributed by atoms with E-state index in [1.165, 1.54) is 0 Å². The standard InChI is InChI=1S/C12H16/c1-6-9-11(5)12(8-3)10(4)7-2/h6-9H,2-4H2,1,5H3/b9-6-,12-11-. The lowest BCUT2D eigenvalue weighted by molar-refractivity contribution is 1.41. The molecular weight excluding hydrogens is 144 g/mol. The molecule has 0 aromatic rings. The lowest BCUT2D eigenvalue weighted by atomic mass is 10.0. The first kappa shape index (κ1) is 10.7. The Morgan fingerprint density at radius 1 is 1.17 bits per heavy atom. The average Bonchev–Trinajstić information content (AvgIpc) is 2.06. The second-order valence-corrected chi connectivity index (χ2v) is 2.53. The van der Waals surface area contributed by atoms with Crippen LogP contribution in [0.3, 0.4) is 0 Å². The van der Waals surface area contributed by atoms with Crippen molar-refractivity contribution in [3.63, 3.8) is 0 Å². The van der Waals surface area contributed by atoms with Gasteiger partial charge in [-0.3, -0.25) is 0 Å². The zero-order valence-electron chi connectivity index (χ0n) is 7.93. The Kier molecular flexibility index (Phi) is 4.78. The van der Waals surface area contributed by atoms with Crippen LogP contribution >= 0.6 is 0 Å². The van der Waals surface area contributed by atoms with Crippen LogP contribution in [0.1, 0.15) is 13.8 Å². The Morgan fingerprint density at radius 3 is 2.08 bits per heavy atom. The maximum atomic E-state index is 3.87. The van der Waals surface area contributed by atoms with Crippen molar-refractivity contribution >= 4 is 0 Å². The highest BCUT2D eigenvalue weighted by molar-refractivity contribution is 5.48. The topological polar surface area (TPSA) is 0 Å². The maximum absolute atomic E-state index is 3.87. The molecule has 0 aliphatic carbocycles. The first-order valence-corrected chi connectivity index (χ1v) is 3.95. The van der Waals surface area contributed by atoms with Crippen LogP contribution < -0.4 is 0 Å². The third-order valence-electron chi connectivity index (χ3n) is 1.64. The van der Waals surface area contributed by atoms with Crippen molar-refractivity contribution in [2.75, 3.05) is 0 Å². The molecular formula is C12H16. The number of allylic oxidation sites excluding steroid dienone is 7. The van der Waals surface area contributed by atoms with Gasteiger partial charge in [0.15, 0.2) is 0 Å². The van der Waals surface area contributed by atoms with Crippen LogP contribution in [0, 0.1) is 0 Å². The molecule has 0 bridgehead atoms. The highest BCUT2D eigenvalue weighted by Gasteiger charge is 1.96. The third-order valence-corrected chi connectivity index (χ3v) is 1.64. The smallest absolute Gasteiger partial charge is 0.0167 e. The highest BCUT2D eigenvalue weighted by Crippen LogP contribution is 2.15. The molecule has 0 amide bonds. The quantitative estimate of drug-likeness (QED) is 0.549. The lowest BCUT2D eigenvalue weighted by Gasteiger charge is -2.03. The van der Waals surface area contributed by atoms with Crippen LogP contribution in [0.25, 0.3) is 0 Å². The van der Waals surface area contributed by atoms with Crippen molar-refractivity contribution in [2.45, 2.75) is 13.8 Å². The van der Waals surface area contributed by atoms with Gasteiger partial charge in [-0.05, 0) is 30.6 Å². The molecule has 0 nitrogen and oxygen atoms in total. The fourth-order valence-corrected chi connectivity index (χ4v) is 0.995. The molecule has 0 atom stereocenters. The molecule has 0 spiro atoms. The molecule has 0 saturated carbocycles. The molecule has 0 saturated heterocycles. The first-order valence-electron chi connectivity index (χ1n) is 3.95. The van der Waals surface area contributed by atoms with Crippen LogP contribution in [0.2, 0.25) is 0 Å². The van der Waals surface area contributed by atoms with Gasteiger partial charge in [0, 0.05) is 0 Å². The summed E-state index contributed by atoms with van der Waals surface area (Å²) >= 11 is 0. The Bertz CT molecular complexity index is 249. The largest absolute Gasteiger partial charge is 0.0985 e. The van der Waals surface area contributed by atoms with Gasteiger partial charge in [-0.1, -0.05) is 44.0 Å². The van der Waals surface area contributed by atoms with E-state index in [-0.39, 0.29) is 0 Å². The van der Waals surface area contributed by atoms with Crippen molar-refractivity contribution in [1.82, 2.24) is 0 Å². The monoisotopic (exact) mass is 160 g/mol. The molecule has 0 aromatic carbocycles. The Morgan fingerprint density at radius 2 is 1.75 bits per heavy atom. The van der Waals surface area contributed by atoms with Crippen LogP contribution in [0.5, 0.6) is 0 Å². The first-order chi connectivity index (χ1) is 5.67. The summed E-state index contributed by atoms with van der Waals surface area (Å²) in [6.07, 6.45) is 7.57. The minimum absolute atomic E-state index is 0.917. The predicted molar refractivity (Wildman–Crippen MR) is 57.0 cm³/mol. The van der Waals surface area contributed by atoms with E-state index in [1.807, 2.05) is 26.0 Å². The van der Waals surface area contributed by atoms with Crippen LogP contribution in [0.4, 0.5) is 0 Å².